The van der Waals surface area contributed by atoms with Crippen LogP contribution >= 0.6 is 23.5 Å². The summed E-state index contributed by atoms with van der Waals surface area (Å²) in [6, 6.07) is 0. The number of Topliss-reactive ketones (excluding diaryl/α,β-unsaturated/α-hetero) is 1. The Hall–Kier alpha value is 0.370. The van der Waals surface area contributed by atoms with Gasteiger partial charge in [-0.05, 0) is 24.3 Å². The minimum absolute atomic E-state index is 0.269. The van der Waals surface area contributed by atoms with Crippen molar-refractivity contribution in [3.05, 3.63) is 0 Å². The molecule has 3 heteroatoms. The van der Waals surface area contributed by atoms with Gasteiger partial charge in [0.15, 0.2) is 5.78 Å². The van der Waals surface area contributed by atoms with Gasteiger partial charge in [0.2, 0.25) is 0 Å². The van der Waals surface area contributed by atoms with E-state index in [2.05, 4.69) is 6.92 Å². The largest absolute Gasteiger partial charge is 0.298 e. The predicted octanol–water partition coefficient (Wildman–Crippen LogP) is 2.94. The second-order valence-corrected chi connectivity index (χ2v) is 5.72. The molecule has 1 saturated heterocycles. The smallest absolute Gasteiger partial charge is 0.155 e. The SMILES string of the molecule is CCCCC(=O)C1SCCCS1. The van der Waals surface area contributed by atoms with Crippen LogP contribution in [0.2, 0.25) is 0 Å². The first-order valence-corrected chi connectivity index (χ1v) is 6.70. The first-order chi connectivity index (χ1) is 5.84. The lowest BCUT2D eigenvalue weighted by Crippen LogP contribution is -2.17. The molecule has 1 rings (SSSR count). The van der Waals surface area contributed by atoms with E-state index < -0.39 is 0 Å². The summed E-state index contributed by atoms with van der Waals surface area (Å²) in [5.74, 6) is 2.82. The van der Waals surface area contributed by atoms with Crippen LogP contribution in [0.3, 0.4) is 0 Å². The zero-order chi connectivity index (χ0) is 8.81. The summed E-state index contributed by atoms with van der Waals surface area (Å²) in [4.78, 5) is 11.5. The molecule has 0 saturated carbocycles. The third-order valence-corrected chi connectivity index (χ3v) is 4.86. The summed E-state index contributed by atoms with van der Waals surface area (Å²) in [6.07, 6.45) is 4.26. The minimum atomic E-state index is 0.269. The van der Waals surface area contributed by atoms with Crippen LogP contribution < -0.4 is 0 Å². The lowest BCUT2D eigenvalue weighted by Gasteiger charge is -2.19. The molecule has 0 aromatic rings. The first-order valence-electron chi connectivity index (χ1n) is 4.60. The second kappa shape index (κ2) is 5.92. The summed E-state index contributed by atoms with van der Waals surface area (Å²) in [5, 5.41) is 0. The molecular weight excluding hydrogens is 188 g/mol. The number of unbranched alkanes of at least 4 members (excludes halogenated alkanes) is 1. The maximum Gasteiger partial charge on any atom is 0.155 e. The van der Waals surface area contributed by atoms with Crippen LogP contribution in [0.1, 0.15) is 32.6 Å². The van der Waals surface area contributed by atoms with Crippen molar-refractivity contribution in [1.29, 1.82) is 0 Å². The third kappa shape index (κ3) is 3.40. The normalized spacial score (nSPS) is 19.4. The topological polar surface area (TPSA) is 17.1 Å². The van der Waals surface area contributed by atoms with Crippen LogP contribution in [-0.2, 0) is 4.79 Å². The monoisotopic (exact) mass is 204 g/mol. The summed E-state index contributed by atoms with van der Waals surface area (Å²) in [5.41, 5.74) is 0. The van der Waals surface area contributed by atoms with Crippen LogP contribution in [-0.4, -0.2) is 21.9 Å². The predicted molar refractivity (Wildman–Crippen MR) is 57.9 cm³/mol. The highest BCUT2D eigenvalue weighted by molar-refractivity contribution is 8.18. The summed E-state index contributed by atoms with van der Waals surface area (Å²) >= 11 is 3.67. The maximum atomic E-state index is 11.5. The van der Waals surface area contributed by atoms with Crippen LogP contribution in [0.5, 0.6) is 0 Å². The Kier molecular flexibility index (Phi) is 5.16. The lowest BCUT2D eigenvalue weighted by molar-refractivity contribution is -0.117. The standard InChI is InChI=1S/C9H16OS2/c1-2-3-5-8(10)9-11-6-4-7-12-9/h9H,2-7H2,1H3. The van der Waals surface area contributed by atoms with Crippen LogP contribution in [0.4, 0.5) is 0 Å². The van der Waals surface area contributed by atoms with Crippen molar-refractivity contribution in [2.45, 2.75) is 37.2 Å². The van der Waals surface area contributed by atoms with Gasteiger partial charge >= 0.3 is 0 Å². The molecule has 0 amide bonds. The molecular formula is C9H16OS2. The number of rotatable bonds is 4. The number of carbonyl (C=O) groups is 1. The number of carbonyl (C=O) groups excluding carboxylic acids is 1. The van der Waals surface area contributed by atoms with E-state index in [1.165, 1.54) is 17.9 Å². The number of thioether (sulfide) groups is 2. The Morgan fingerprint density at radius 3 is 2.67 bits per heavy atom. The Bertz CT molecular complexity index is 141. The van der Waals surface area contributed by atoms with Gasteiger partial charge < -0.3 is 0 Å². The van der Waals surface area contributed by atoms with Crippen molar-refractivity contribution in [1.82, 2.24) is 0 Å². The summed E-state index contributed by atoms with van der Waals surface area (Å²) in [6.45, 7) is 2.13. The van der Waals surface area contributed by atoms with Gasteiger partial charge in [0.05, 0.1) is 0 Å². The van der Waals surface area contributed by atoms with Crippen molar-refractivity contribution in [2.24, 2.45) is 0 Å². The highest BCUT2D eigenvalue weighted by Crippen LogP contribution is 2.32. The van der Waals surface area contributed by atoms with Crippen molar-refractivity contribution < 1.29 is 4.79 Å². The number of hydrogen-bond acceptors (Lipinski definition) is 3. The molecule has 0 aromatic carbocycles. The van der Waals surface area contributed by atoms with Gasteiger partial charge in [0.1, 0.15) is 4.58 Å². The van der Waals surface area contributed by atoms with Gasteiger partial charge in [-0.25, -0.2) is 0 Å². The molecule has 12 heavy (non-hydrogen) atoms. The number of hydrogen-bond donors (Lipinski definition) is 0. The highest BCUT2D eigenvalue weighted by atomic mass is 32.2. The van der Waals surface area contributed by atoms with Crippen molar-refractivity contribution >= 4 is 29.3 Å². The molecule has 70 valence electrons. The molecule has 0 aromatic heterocycles. The van der Waals surface area contributed by atoms with Gasteiger partial charge in [-0.2, -0.15) is 0 Å². The van der Waals surface area contributed by atoms with E-state index in [-0.39, 0.29) is 4.58 Å². The van der Waals surface area contributed by atoms with E-state index in [0.717, 1.165) is 19.3 Å². The third-order valence-electron chi connectivity index (χ3n) is 1.87. The first kappa shape index (κ1) is 10.5. The Morgan fingerprint density at radius 1 is 1.42 bits per heavy atom. The Morgan fingerprint density at radius 2 is 2.08 bits per heavy atom. The molecule has 0 bridgehead atoms. The summed E-state index contributed by atoms with van der Waals surface area (Å²) in [7, 11) is 0. The van der Waals surface area contributed by atoms with Gasteiger partial charge in [-0.3, -0.25) is 4.79 Å². The molecule has 0 aliphatic carbocycles. The Labute approximate surface area is 83.1 Å². The average molecular weight is 204 g/mol. The van der Waals surface area contributed by atoms with Crippen molar-refractivity contribution in [3.63, 3.8) is 0 Å². The molecule has 1 nitrogen and oxygen atoms in total. The molecule has 0 unspecified atom stereocenters. The van der Waals surface area contributed by atoms with Crippen molar-refractivity contribution in [3.8, 4) is 0 Å². The fraction of sp³-hybridized carbons (Fsp3) is 0.889. The maximum absolute atomic E-state index is 11.5. The van der Waals surface area contributed by atoms with E-state index >= 15 is 0 Å². The molecule has 0 atom stereocenters. The van der Waals surface area contributed by atoms with Gasteiger partial charge in [0, 0.05) is 6.42 Å². The molecule has 0 spiro atoms. The molecule has 0 radical (unpaired) electrons. The average Bonchev–Trinajstić information content (AvgIpc) is 2.15. The van der Waals surface area contributed by atoms with E-state index in [4.69, 9.17) is 0 Å². The molecule has 1 fully saturated rings. The Balaban J connectivity index is 2.20. The van der Waals surface area contributed by atoms with Crippen LogP contribution in [0.15, 0.2) is 0 Å². The highest BCUT2D eigenvalue weighted by Gasteiger charge is 2.21. The second-order valence-electron chi connectivity index (χ2n) is 3.00. The van der Waals surface area contributed by atoms with Crippen molar-refractivity contribution in [2.75, 3.05) is 11.5 Å². The molecule has 1 heterocycles. The van der Waals surface area contributed by atoms with Gasteiger partial charge in [-0.1, -0.05) is 13.3 Å². The van der Waals surface area contributed by atoms with Crippen LogP contribution in [0, 0.1) is 0 Å². The fourth-order valence-electron chi connectivity index (χ4n) is 1.14. The summed E-state index contributed by atoms with van der Waals surface area (Å²) < 4.78 is 0.269. The quantitative estimate of drug-likeness (QED) is 0.701. The van der Waals surface area contributed by atoms with E-state index in [1.54, 1.807) is 0 Å². The zero-order valence-electron chi connectivity index (χ0n) is 7.54. The molecule has 0 N–H and O–H groups in total. The zero-order valence-corrected chi connectivity index (χ0v) is 9.18. The molecule has 1 aliphatic heterocycles. The molecule has 1 aliphatic rings. The fourth-order valence-corrected chi connectivity index (χ4v) is 3.95. The van der Waals surface area contributed by atoms with E-state index in [9.17, 15) is 4.79 Å². The van der Waals surface area contributed by atoms with E-state index in [0.29, 0.717) is 5.78 Å². The van der Waals surface area contributed by atoms with Crippen LogP contribution in [0.25, 0.3) is 0 Å². The van der Waals surface area contributed by atoms with E-state index in [1.807, 2.05) is 23.5 Å². The number of ketones is 1. The lowest BCUT2D eigenvalue weighted by atomic mass is 10.2. The van der Waals surface area contributed by atoms with Gasteiger partial charge in [0.25, 0.3) is 0 Å². The van der Waals surface area contributed by atoms with Gasteiger partial charge in [-0.15, -0.1) is 23.5 Å². The minimum Gasteiger partial charge on any atom is -0.298 e.